The number of ketones is 1. The first-order valence-corrected chi connectivity index (χ1v) is 8.21. The van der Waals surface area contributed by atoms with Gasteiger partial charge in [0.2, 0.25) is 0 Å². The van der Waals surface area contributed by atoms with Gasteiger partial charge in [-0.05, 0) is 37.3 Å². The first-order valence-electron chi connectivity index (χ1n) is 8.21. The number of hydrogen-bond acceptors (Lipinski definition) is 3. The molecule has 0 spiro atoms. The van der Waals surface area contributed by atoms with Crippen molar-refractivity contribution in [1.82, 2.24) is 9.97 Å². The van der Waals surface area contributed by atoms with Crippen molar-refractivity contribution in [1.29, 1.82) is 0 Å². The highest BCUT2D eigenvalue weighted by Gasteiger charge is 2.07. The summed E-state index contributed by atoms with van der Waals surface area (Å²) in [5.41, 5.74) is 3.94. The van der Waals surface area contributed by atoms with E-state index in [2.05, 4.69) is 15.3 Å². The van der Waals surface area contributed by atoms with E-state index in [1.807, 2.05) is 30.3 Å². The molecule has 0 saturated heterocycles. The van der Waals surface area contributed by atoms with E-state index in [0.717, 1.165) is 27.8 Å². The van der Waals surface area contributed by atoms with Crippen molar-refractivity contribution >= 4 is 28.2 Å². The van der Waals surface area contributed by atoms with Gasteiger partial charge in [0.1, 0.15) is 11.6 Å². The van der Waals surface area contributed by atoms with Gasteiger partial charge in [-0.15, -0.1) is 0 Å². The molecule has 2 N–H and O–H groups in total. The van der Waals surface area contributed by atoms with Gasteiger partial charge in [-0.1, -0.05) is 24.3 Å². The highest BCUT2D eigenvalue weighted by molar-refractivity contribution is 5.95. The summed E-state index contributed by atoms with van der Waals surface area (Å²) in [6.45, 7) is 1.54. The SMILES string of the molecule is CC(=O)c1cccc(Nc2cc3[nH]c(-c4cccc(F)c4)cc3cn2)c1. The number of benzene rings is 2. The Labute approximate surface area is 149 Å². The Morgan fingerprint density at radius 3 is 2.73 bits per heavy atom. The summed E-state index contributed by atoms with van der Waals surface area (Å²) in [7, 11) is 0. The number of rotatable bonds is 4. The van der Waals surface area contributed by atoms with Crippen LogP contribution in [0.25, 0.3) is 22.2 Å². The Balaban J connectivity index is 1.65. The van der Waals surface area contributed by atoms with Gasteiger partial charge in [0.25, 0.3) is 0 Å². The van der Waals surface area contributed by atoms with Crippen LogP contribution in [0.4, 0.5) is 15.9 Å². The Morgan fingerprint density at radius 1 is 1.08 bits per heavy atom. The van der Waals surface area contributed by atoms with Crippen molar-refractivity contribution in [2.45, 2.75) is 6.92 Å². The third-order valence-electron chi connectivity index (χ3n) is 4.18. The number of carbonyl (C=O) groups is 1. The van der Waals surface area contributed by atoms with Crippen molar-refractivity contribution in [2.24, 2.45) is 0 Å². The van der Waals surface area contributed by atoms with Crippen molar-refractivity contribution in [3.8, 4) is 11.3 Å². The number of fused-ring (bicyclic) bond motifs is 1. The fourth-order valence-electron chi connectivity index (χ4n) is 2.87. The molecule has 128 valence electrons. The topological polar surface area (TPSA) is 57.8 Å². The standard InChI is InChI=1S/C21H16FN3O/c1-13(26)14-4-3-7-18(9-14)24-21-11-20-16(12-23-21)10-19(25-20)15-5-2-6-17(22)8-15/h2-12,25H,1H3,(H,23,24). The average Bonchev–Trinajstić information content (AvgIpc) is 3.05. The average molecular weight is 345 g/mol. The lowest BCUT2D eigenvalue weighted by Gasteiger charge is -2.06. The zero-order valence-electron chi connectivity index (χ0n) is 14.1. The van der Waals surface area contributed by atoms with E-state index in [9.17, 15) is 9.18 Å². The minimum Gasteiger partial charge on any atom is -0.354 e. The molecule has 2 aromatic carbocycles. The molecule has 0 amide bonds. The molecule has 2 aromatic heterocycles. The number of nitrogens with one attached hydrogen (secondary N) is 2. The van der Waals surface area contributed by atoms with E-state index in [0.29, 0.717) is 11.4 Å². The van der Waals surface area contributed by atoms with Crippen LogP contribution in [0.3, 0.4) is 0 Å². The van der Waals surface area contributed by atoms with Gasteiger partial charge in [0.15, 0.2) is 5.78 Å². The van der Waals surface area contributed by atoms with Gasteiger partial charge in [-0.25, -0.2) is 9.37 Å². The molecule has 0 unspecified atom stereocenters. The predicted molar refractivity (Wildman–Crippen MR) is 101 cm³/mol. The van der Waals surface area contributed by atoms with Crippen LogP contribution >= 0.6 is 0 Å². The van der Waals surface area contributed by atoms with E-state index in [1.54, 1.807) is 24.4 Å². The molecule has 2 heterocycles. The number of carbonyl (C=O) groups excluding carboxylic acids is 1. The summed E-state index contributed by atoms with van der Waals surface area (Å²) in [4.78, 5) is 19.2. The van der Waals surface area contributed by atoms with Crippen LogP contribution < -0.4 is 5.32 Å². The summed E-state index contributed by atoms with van der Waals surface area (Å²) in [5, 5.41) is 4.14. The number of H-pyrrole nitrogens is 1. The summed E-state index contributed by atoms with van der Waals surface area (Å²) in [5.74, 6) is 0.402. The van der Waals surface area contributed by atoms with E-state index >= 15 is 0 Å². The monoisotopic (exact) mass is 345 g/mol. The molecule has 0 fully saturated rings. The second-order valence-electron chi connectivity index (χ2n) is 6.11. The third-order valence-corrected chi connectivity index (χ3v) is 4.18. The second-order valence-corrected chi connectivity index (χ2v) is 6.11. The number of anilines is 2. The fraction of sp³-hybridized carbons (Fsp3) is 0.0476. The summed E-state index contributed by atoms with van der Waals surface area (Å²) in [6.07, 6.45) is 1.76. The van der Waals surface area contributed by atoms with E-state index in [1.165, 1.54) is 19.1 Å². The molecule has 0 atom stereocenters. The molecule has 26 heavy (non-hydrogen) atoms. The van der Waals surface area contributed by atoms with Crippen molar-refractivity contribution in [3.63, 3.8) is 0 Å². The number of nitrogens with zero attached hydrogens (tertiary/aromatic N) is 1. The minimum atomic E-state index is -0.271. The molecular formula is C21H16FN3O. The fourth-order valence-corrected chi connectivity index (χ4v) is 2.87. The molecule has 0 bridgehead atoms. The maximum atomic E-state index is 13.4. The van der Waals surface area contributed by atoms with Gasteiger partial charge >= 0.3 is 0 Å². The second kappa shape index (κ2) is 6.44. The smallest absolute Gasteiger partial charge is 0.159 e. The molecule has 5 heteroatoms. The molecule has 4 aromatic rings. The normalized spacial score (nSPS) is 10.8. The Bertz CT molecular complexity index is 1120. The van der Waals surface area contributed by atoms with Crippen LogP contribution in [-0.2, 0) is 0 Å². The molecule has 0 aliphatic heterocycles. The lowest BCUT2D eigenvalue weighted by molar-refractivity contribution is 0.101. The lowest BCUT2D eigenvalue weighted by atomic mass is 10.1. The molecule has 4 rings (SSSR count). The summed E-state index contributed by atoms with van der Waals surface area (Å²) >= 11 is 0. The highest BCUT2D eigenvalue weighted by atomic mass is 19.1. The maximum Gasteiger partial charge on any atom is 0.159 e. The number of aromatic nitrogens is 2. The van der Waals surface area contributed by atoms with Crippen LogP contribution in [0.1, 0.15) is 17.3 Å². The Hall–Kier alpha value is -3.47. The molecule has 0 aliphatic carbocycles. The van der Waals surface area contributed by atoms with Crippen LogP contribution in [0.2, 0.25) is 0 Å². The summed E-state index contributed by atoms with van der Waals surface area (Å²) < 4.78 is 13.4. The lowest BCUT2D eigenvalue weighted by Crippen LogP contribution is -1.96. The first-order chi connectivity index (χ1) is 12.6. The molecule has 0 radical (unpaired) electrons. The van der Waals surface area contributed by atoms with E-state index < -0.39 is 0 Å². The highest BCUT2D eigenvalue weighted by Crippen LogP contribution is 2.26. The van der Waals surface area contributed by atoms with Crippen molar-refractivity contribution < 1.29 is 9.18 Å². The minimum absolute atomic E-state index is 0.0150. The molecular weight excluding hydrogens is 329 g/mol. The number of Topliss-reactive ketones (excluding diaryl/α,β-unsaturated/α-hetero) is 1. The third kappa shape index (κ3) is 3.19. The number of hydrogen-bond donors (Lipinski definition) is 2. The van der Waals surface area contributed by atoms with Gasteiger partial charge in [0.05, 0.1) is 5.52 Å². The Morgan fingerprint density at radius 2 is 1.92 bits per heavy atom. The van der Waals surface area contributed by atoms with Gasteiger partial charge < -0.3 is 10.3 Å². The van der Waals surface area contributed by atoms with Gasteiger partial charge in [0, 0.05) is 40.2 Å². The van der Waals surface area contributed by atoms with Crippen LogP contribution in [0.15, 0.2) is 66.9 Å². The quantitative estimate of drug-likeness (QED) is 0.493. The summed E-state index contributed by atoms with van der Waals surface area (Å²) in [6, 6.07) is 17.6. The van der Waals surface area contributed by atoms with Crippen molar-refractivity contribution in [3.05, 3.63) is 78.2 Å². The molecule has 0 aliphatic rings. The van der Waals surface area contributed by atoms with Crippen molar-refractivity contribution in [2.75, 3.05) is 5.32 Å². The van der Waals surface area contributed by atoms with E-state index in [-0.39, 0.29) is 11.6 Å². The maximum absolute atomic E-state index is 13.4. The molecule has 0 saturated carbocycles. The van der Waals surface area contributed by atoms with Gasteiger partial charge in [-0.2, -0.15) is 0 Å². The number of halogens is 1. The first kappa shape index (κ1) is 16.0. The largest absolute Gasteiger partial charge is 0.354 e. The van der Waals surface area contributed by atoms with Crippen LogP contribution in [0.5, 0.6) is 0 Å². The zero-order valence-corrected chi connectivity index (χ0v) is 14.1. The van der Waals surface area contributed by atoms with Gasteiger partial charge in [-0.3, -0.25) is 4.79 Å². The zero-order chi connectivity index (χ0) is 18.1. The molecule has 4 nitrogen and oxygen atoms in total. The number of aromatic amines is 1. The van der Waals surface area contributed by atoms with E-state index in [4.69, 9.17) is 0 Å². The van der Waals surface area contributed by atoms with Crippen LogP contribution in [-0.4, -0.2) is 15.8 Å². The Kier molecular flexibility index (Phi) is 3.97. The predicted octanol–water partition coefficient (Wildman–Crippen LogP) is 5.32. The van der Waals surface area contributed by atoms with Crippen LogP contribution in [0, 0.1) is 5.82 Å². The number of pyridine rings is 1.